The normalized spacial score (nSPS) is 23.2. The Morgan fingerprint density at radius 3 is 2.73 bits per heavy atom. The van der Waals surface area contributed by atoms with Crippen LogP contribution in [0.3, 0.4) is 0 Å². The van der Waals surface area contributed by atoms with Crippen molar-refractivity contribution in [3.8, 4) is 0 Å². The van der Waals surface area contributed by atoms with Gasteiger partial charge in [-0.05, 0) is 18.8 Å². The van der Waals surface area contributed by atoms with Crippen LogP contribution in [0.1, 0.15) is 19.8 Å². The molecule has 66 valence electrons. The SMILES string of the molecule is CC(CO)SCC(N)C1CC1. The molecule has 0 saturated heterocycles. The van der Waals surface area contributed by atoms with E-state index in [0.717, 1.165) is 11.7 Å². The van der Waals surface area contributed by atoms with Gasteiger partial charge in [0.1, 0.15) is 0 Å². The van der Waals surface area contributed by atoms with Gasteiger partial charge in [-0.15, -0.1) is 0 Å². The van der Waals surface area contributed by atoms with Gasteiger partial charge in [-0.25, -0.2) is 0 Å². The van der Waals surface area contributed by atoms with Crippen LogP contribution in [0.15, 0.2) is 0 Å². The van der Waals surface area contributed by atoms with E-state index in [-0.39, 0.29) is 6.61 Å². The Morgan fingerprint density at radius 2 is 2.27 bits per heavy atom. The molecule has 0 aliphatic heterocycles. The molecule has 1 saturated carbocycles. The summed E-state index contributed by atoms with van der Waals surface area (Å²) < 4.78 is 0. The first kappa shape index (κ1) is 9.36. The van der Waals surface area contributed by atoms with Gasteiger partial charge in [0.2, 0.25) is 0 Å². The Balaban J connectivity index is 2.00. The minimum Gasteiger partial charge on any atom is -0.395 e. The first-order chi connectivity index (χ1) is 5.24. The molecular formula is C8H17NOS. The zero-order valence-electron chi connectivity index (χ0n) is 6.99. The molecule has 0 heterocycles. The second kappa shape index (κ2) is 4.33. The predicted octanol–water partition coefficient (Wildman–Crippen LogP) is 0.838. The van der Waals surface area contributed by atoms with E-state index in [9.17, 15) is 0 Å². The Bertz CT molecular complexity index is 117. The van der Waals surface area contributed by atoms with E-state index in [1.54, 1.807) is 11.8 Å². The smallest absolute Gasteiger partial charge is 0.0547 e. The van der Waals surface area contributed by atoms with E-state index in [1.807, 2.05) is 6.92 Å². The highest BCUT2D eigenvalue weighted by atomic mass is 32.2. The van der Waals surface area contributed by atoms with Crippen molar-refractivity contribution < 1.29 is 5.11 Å². The lowest BCUT2D eigenvalue weighted by Gasteiger charge is -2.12. The zero-order chi connectivity index (χ0) is 8.27. The fourth-order valence-electron chi connectivity index (χ4n) is 0.989. The molecule has 2 nitrogen and oxygen atoms in total. The predicted molar refractivity (Wildman–Crippen MR) is 49.7 cm³/mol. The van der Waals surface area contributed by atoms with Crippen molar-refractivity contribution in [3.63, 3.8) is 0 Å². The second-order valence-corrected chi connectivity index (χ2v) is 4.80. The van der Waals surface area contributed by atoms with Gasteiger partial charge in [-0.3, -0.25) is 0 Å². The summed E-state index contributed by atoms with van der Waals surface area (Å²) in [5.74, 6) is 1.79. The molecule has 2 unspecified atom stereocenters. The summed E-state index contributed by atoms with van der Waals surface area (Å²) in [4.78, 5) is 0. The van der Waals surface area contributed by atoms with Gasteiger partial charge in [-0.1, -0.05) is 6.92 Å². The van der Waals surface area contributed by atoms with E-state index in [4.69, 9.17) is 10.8 Å². The van der Waals surface area contributed by atoms with Gasteiger partial charge in [0.25, 0.3) is 0 Å². The quantitative estimate of drug-likeness (QED) is 0.651. The number of hydrogen-bond acceptors (Lipinski definition) is 3. The van der Waals surface area contributed by atoms with Crippen LogP contribution in [0.5, 0.6) is 0 Å². The molecule has 0 aromatic heterocycles. The van der Waals surface area contributed by atoms with Crippen molar-refractivity contribution in [2.24, 2.45) is 11.7 Å². The molecule has 2 atom stereocenters. The summed E-state index contributed by atoms with van der Waals surface area (Å²) in [6.45, 7) is 2.30. The average Bonchev–Trinajstić information content (AvgIpc) is 2.81. The van der Waals surface area contributed by atoms with Crippen LogP contribution in [0.2, 0.25) is 0 Å². The number of aliphatic hydroxyl groups excluding tert-OH is 1. The number of rotatable bonds is 5. The summed E-state index contributed by atoms with van der Waals surface area (Å²) in [6, 6.07) is 0.369. The van der Waals surface area contributed by atoms with Crippen LogP contribution in [0, 0.1) is 5.92 Å². The third-order valence-corrected chi connectivity index (χ3v) is 3.35. The van der Waals surface area contributed by atoms with E-state index in [2.05, 4.69) is 0 Å². The lowest BCUT2D eigenvalue weighted by molar-refractivity contribution is 0.300. The maximum atomic E-state index is 8.74. The maximum absolute atomic E-state index is 8.74. The van der Waals surface area contributed by atoms with Crippen LogP contribution >= 0.6 is 11.8 Å². The standard InChI is InChI=1S/C8H17NOS/c1-6(4-10)11-5-8(9)7-2-3-7/h6-8,10H,2-5,9H2,1H3. The monoisotopic (exact) mass is 175 g/mol. The molecule has 11 heavy (non-hydrogen) atoms. The highest BCUT2D eigenvalue weighted by Gasteiger charge is 2.28. The molecule has 1 rings (SSSR count). The van der Waals surface area contributed by atoms with Crippen molar-refractivity contribution in [2.45, 2.75) is 31.1 Å². The highest BCUT2D eigenvalue weighted by Crippen LogP contribution is 2.33. The third kappa shape index (κ3) is 3.45. The number of aliphatic hydroxyl groups is 1. The number of thioether (sulfide) groups is 1. The molecular weight excluding hydrogens is 158 g/mol. The number of hydrogen-bond donors (Lipinski definition) is 2. The summed E-state index contributed by atoms with van der Waals surface area (Å²) in [5.41, 5.74) is 5.88. The number of nitrogens with two attached hydrogens (primary N) is 1. The van der Waals surface area contributed by atoms with Crippen molar-refractivity contribution in [2.75, 3.05) is 12.4 Å². The largest absolute Gasteiger partial charge is 0.395 e. The summed E-state index contributed by atoms with van der Waals surface area (Å²) in [6.07, 6.45) is 2.63. The maximum Gasteiger partial charge on any atom is 0.0547 e. The van der Waals surface area contributed by atoms with Gasteiger partial charge in [-0.2, -0.15) is 11.8 Å². The van der Waals surface area contributed by atoms with E-state index >= 15 is 0 Å². The first-order valence-electron chi connectivity index (χ1n) is 4.22. The molecule has 3 heteroatoms. The fourth-order valence-corrected chi connectivity index (χ4v) is 1.92. The third-order valence-electron chi connectivity index (χ3n) is 2.06. The molecule has 0 aromatic carbocycles. The van der Waals surface area contributed by atoms with Crippen molar-refractivity contribution in [1.82, 2.24) is 0 Å². The second-order valence-electron chi connectivity index (χ2n) is 3.33. The zero-order valence-corrected chi connectivity index (χ0v) is 7.81. The van der Waals surface area contributed by atoms with E-state index < -0.39 is 0 Å². The highest BCUT2D eigenvalue weighted by molar-refractivity contribution is 7.99. The topological polar surface area (TPSA) is 46.2 Å². The molecule has 1 aliphatic rings. The summed E-state index contributed by atoms with van der Waals surface area (Å²) in [7, 11) is 0. The van der Waals surface area contributed by atoms with E-state index in [1.165, 1.54) is 12.8 Å². The molecule has 0 amide bonds. The van der Waals surface area contributed by atoms with Gasteiger partial charge in [0.05, 0.1) is 6.61 Å². The molecule has 1 aliphatic carbocycles. The van der Waals surface area contributed by atoms with E-state index in [0.29, 0.717) is 11.3 Å². The Labute approximate surface area is 72.5 Å². The molecule has 0 bridgehead atoms. The lowest BCUT2D eigenvalue weighted by Crippen LogP contribution is -2.26. The molecule has 0 aromatic rings. The minimum atomic E-state index is 0.266. The van der Waals surface area contributed by atoms with Gasteiger partial charge < -0.3 is 10.8 Å². The molecule has 3 N–H and O–H groups in total. The van der Waals surface area contributed by atoms with Crippen LogP contribution < -0.4 is 5.73 Å². The first-order valence-corrected chi connectivity index (χ1v) is 5.27. The Morgan fingerprint density at radius 1 is 1.64 bits per heavy atom. The van der Waals surface area contributed by atoms with Crippen LogP contribution in [-0.4, -0.2) is 28.8 Å². The molecule has 0 spiro atoms. The molecule has 1 fully saturated rings. The lowest BCUT2D eigenvalue weighted by atomic mass is 10.2. The summed E-state index contributed by atoms with van der Waals surface area (Å²) >= 11 is 1.78. The summed E-state index contributed by atoms with van der Waals surface area (Å²) in [5, 5.41) is 9.09. The molecule has 0 radical (unpaired) electrons. The van der Waals surface area contributed by atoms with Gasteiger partial charge >= 0.3 is 0 Å². The van der Waals surface area contributed by atoms with Crippen molar-refractivity contribution in [3.05, 3.63) is 0 Å². The van der Waals surface area contributed by atoms with Crippen LogP contribution in [-0.2, 0) is 0 Å². The fraction of sp³-hybridized carbons (Fsp3) is 1.00. The van der Waals surface area contributed by atoms with Crippen LogP contribution in [0.4, 0.5) is 0 Å². The Hall–Kier alpha value is 0.270. The van der Waals surface area contributed by atoms with Gasteiger partial charge in [0, 0.05) is 17.0 Å². The Kier molecular flexibility index (Phi) is 3.69. The average molecular weight is 175 g/mol. The van der Waals surface area contributed by atoms with Gasteiger partial charge in [0.15, 0.2) is 0 Å². The minimum absolute atomic E-state index is 0.266. The van der Waals surface area contributed by atoms with Crippen LogP contribution in [0.25, 0.3) is 0 Å². The van der Waals surface area contributed by atoms with Crippen molar-refractivity contribution >= 4 is 11.8 Å². The van der Waals surface area contributed by atoms with Crippen molar-refractivity contribution in [1.29, 1.82) is 0 Å².